The van der Waals surface area contributed by atoms with E-state index in [-0.39, 0.29) is 5.78 Å². The number of nitrogens with zero attached hydrogens (tertiary/aromatic N) is 1. The van der Waals surface area contributed by atoms with E-state index in [0.717, 1.165) is 29.6 Å². The molecular formula is C18H23NO2. The van der Waals surface area contributed by atoms with Crippen LogP contribution in [0.1, 0.15) is 43.5 Å². The average molecular weight is 285 g/mol. The first-order chi connectivity index (χ1) is 10.1. The molecule has 0 N–H and O–H groups in total. The minimum atomic E-state index is 0.167. The second-order valence-electron chi connectivity index (χ2n) is 6.51. The van der Waals surface area contributed by atoms with Crippen LogP contribution in [-0.4, -0.2) is 30.3 Å². The molecule has 1 aliphatic rings. The molecule has 1 aliphatic heterocycles. The van der Waals surface area contributed by atoms with Crippen LogP contribution in [0.2, 0.25) is 0 Å². The Kier molecular flexibility index (Phi) is 3.85. The molecule has 1 aromatic carbocycles. The van der Waals surface area contributed by atoms with Crippen molar-refractivity contribution in [2.24, 2.45) is 5.41 Å². The summed E-state index contributed by atoms with van der Waals surface area (Å²) in [7, 11) is 0. The summed E-state index contributed by atoms with van der Waals surface area (Å²) in [6, 6.07) is 7.73. The van der Waals surface area contributed by atoms with Gasteiger partial charge in [0.05, 0.1) is 12.1 Å². The molecule has 0 radical (unpaired) electrons. The number of carbonyl (C=O) groups excluding carboxylic acids is 1. The van der Waals surface area contributed by atoms with Gasteiger partial charge >= 0.3 is 0 Å². The molecule has 3 nitrogen and oxygen atoms in total. The van der Waals surface area contributed by atoms with Crippen molar-refractivity contribution in [3.63, 3.8) is 0 Å². The number of ketones is 1. The summed E-state index contributed by atoms with van der Waals surface area (Å²) in [5.41, 5.74) is 1.97. The monoisotopic (exact) mass is 285 g/mol. The number of furan rings is 1. The van der Waals surface area contributed by atoms with Crippen LogP contribution >= 0.6 is 0 Å². The summed E-state index contributed by atoms with van der Waals surface area (Å²) in [6.45, 7) is 7.16. The number of fused-ring (bicyclic) bond motifs is 1. The van der Waals surface area contributed by atoms with E-state index in [1.807, 2.05) is 24.3 Å². The van der Waals surface area contributed by atoms with Gasteiger partial charge in [0.2, 0.25) is 0 Å². The zero-order chi connectivity index (χ0) is 14.9. The normalized spacial score (nSPS) is 19.0. The van der Waals surface area contributed by atoms with Crippen LogP contribution in [0.15, 0.2) is 34.9 Å². The maximum atomic E-state index is 12.5. The summed E-state index contributed by atoms with van der Waals surface area (Å²) in [5.74, 6) is 0.167. The van der Waals surface area contributed by atoms with Crippen LogP contribution in [0.5, 0.6) is 0 Å². The smallest absolute Gasteiger partial charge is 0.180 e. The van der Waals surface area contributed by atoms with Gasteiger partial charge in [0.25, 0.3) is 0 Å². The molecule has 0 spiro atoms. The lowest BCUT2D eigenvalue weighted by atomic mass is 9.78. The minimum Gasteiger partial charge on any atom is -0.464 e. The van der Waals surface area contributed by atoms with Crippen LogP contribution in [0.4, 0.5) is 0 Å². The lowest BCUT2D eigenvalue weighted by Gasteiger charge is -2.38. The van der Waals surface area contributed by atoms with Crippen molar-refractivity contribution in [1.82, 2.24) is 4.90 Å². The second-order valence-corrected chi connectivity index (χ2v) is 6.51. The van der Waals surface area contributed by atoms with Crippen molar-refractivity contribution >= 4 is 16.8 Å². The summed E-state index contributed by atoms with van der Waals surface area (Å²) < 4.78 is 5.47. The van der Waals surface area contributed by atoms with E-state index in [2.05, 4.69) is 18.7 Å². The van der Waals surface area contributed by atoms with Crippen LogP contribution in [-0.2, 0) is 0 Å². The van der Waals surface area contributed by atoms with Crippen LogP contribution < -0.4 is 0 Å². The highest BCUT2D eigenvalue weighted by atomic mass is 16.3. The quantitative estimate of drug-likeness (QED) is 0.792. The maximum Gasteiger partial charge on any atom is 0.180 e. The molecule has 3 rings (SSSR count). The Labute approximate surface area is 125 Å². The molecule has 21 heavy (non-hydrogen) atoms. The largest absolute Gasteiger partial charge is 0.464 e. The van der Waals surface area contributed by atoms with Crippen LogP contribution in [0, 0.1) is 5.41 Å². The molecule has 1 saturated heterocycles. The van der Waals surface area contributed by atoms with E-state index in [1.165, 1.54) is 19.3 Å². The number of Topliss-reactive ketones (excluding diaryl/α,β-unsaturated/α-hetero) is 1. The van der Waals surface area contributed by atoms with Crippen molar-refractivity contribution in [1.29, 1.82) is 0 Å². The highest BCUT2D eigenvalue weighted by Gasteiger charge is 2.29. The molecule has 3 heteroatoms. The molecule has 2 aromatic rings. The van der Waals surface area contributed by atoms with Gasteiger partial charge in [-0.3, -0.25) is 9.69 Å². The third kappa shape index (κ3) is 2.88. The van der Waals surface area contributed by atoms with Gasteiger partial charge in [-0.2, -0.15) is 0 Å². The van der Waals surface area contributed by atoms with E-state index >= 15 is 0 Å². The minimum absolute atomic E-state index is 0.167. The fourth-order valence-electron chi connectivity index (χ4n) is 3.09. The fraction of sp³-hybridized carbons (Fsp3) is 0.500. The number of rotatable bonds is 4. The second kappa shape index (κ2) is 5.64. The predicted octanol–water partition coefficient (Wildman–Crippen LogP) is 4.13. The molecule has 1 fully saturated rings. The SMILES string of the molecule is CCC1(C)CCN(CC(=O)c2coc3ccccc23)CC1. The zero-order valence-corrected chi connectivity index (χ0v) is 12.9. The Balaban J connectivity index is 1.67. The zero-order valence-electron chi connectivity index (χ0n) is 12.9. The topological polar surface area (TPSA) is 33.5 Å². The lowest BCUT2D eigenvalue weighted by molar-refractivity contribution is 0.0813. The molecule has 0 unspecified atom stereocenters. The molecule has 1 aromatic heterocycles. The summed E-state index contributed by atoms with van der Waals surface area (Å²) in [4.78, 5) is 14.8. The average Bonchev–Trinajstić information content (AvgIpc) is 2.94. The molecule has 0 aliphatic carbocycles. The van der Waals surface area contributed by atoms with Gasteiger partial charge in [0.15, 0.2) is 5.78 Å². The Morgan fingerprint density at radius 2 is 2.00 bits per heavy atom. The number of carbonyl (C=O) groups is 1. The van der Waals surface area contributed by atoms with Crippen molar-refractivity contribution in [2.45, 2.75) is 33.1 Å². The fourth-order valence-corrected chi connectivity index (χ4v) is 3.09. The molecule has 0 saturated carbocycles. The van der Waals surface area contributed by atoms with Gasteiger partial charge in [0.1, 0.15) is 11.8 Å². The van der Waals surface area contributed by atoms with Crippen molar-refractivity contribution in [2.75, 3.05) is 19.6 Å². The van der Waals surface area contributed by atoms with Gasteiger partial charge < -0.3 is 4.42 Å². The lowest BCUT2D eigenvalue weighted by Crippen LogP contribution is -2.40. The van der Waals surface area contributed by atoms with Gasteiger partial charge in [-0.15, -0.1) is 0 Å². The molecule has 0 amide bonds. The van der Waals surface area contributed by atoms with Gasteiger partial charge in [-0.1, -0.05) is 38.5 Å². The van der Waals surface area contributed by atoms with E-state index in [9.17, 15) is 4.79 Å². The molecular weight excluding hydrogens is 262 g/mol. The molecule has 2 heterocycles. The third-order valence-corrected chi connectivity index (χ3v) is 5.07. The van der Waals surface area contributed by atoms with E-state index < -0.39 is 0 Å². The van der Waals surface area contributed by atoms with E-state index in [0.29, 0.717) is 12.0 Å². The number of para-hydroxylation sites is 1. The number of likely N-dealkylation sites (tertiary alicyclic amines) is 1. The molecule has 112 valence electrons. The van der Waals surface area contributed by atoms with Gasteiger partial charge in [0, 0.05) is 5.39 Å². The highest BCUT2D eigenvalue weighted by Crippen LogP contribution is 2.34. The summed E-state index contributed by atoms with van der Waals surface area (Å²) in [5, 5.41) is 0.929. The number of hydrogen-bond acceptors (Lipinski definition) is 3. The first-order valence-corrected chi connectivity index (χ1v) is 7.83. The van der Waals surface area contributed by atoms with E-state index in [1.54, 1.807) is 6.26 Å². The molecule has 0 atom stereocenters. The summed E-state index contributed by atoms with van der Waals surface area (Å²) >= 11 is 0. The van der Waals surface area contributed by atoms with Gasteiger partial charge in [-0.25, -0.2) is 0 Å². The van der Waals surface area contributed by atoms with Crippen LogP contribution in [0.3, 0.4) is 0 Å². The maximum absolute atomic E-state index is 12.5. The number of hydrogen-bond donors (Lipinski definition) is 0. The van der Waals surface area contributed by atoms with Crippen molar-refractivity contribution in [3.8, 4) is 0 Å². The Morgan fingerprint density at radius 1 is 1.29 bits per heavy atom. The third-order valence-electron chi connectivity index (χ3n) is 5.07. The molecule has 0 bridgehead atoms. The Hall–Kier alpha value is -1.61. The van der Waals surface area contributed by atoms with E-state index in [4.69, 9.17) is 4.42 Å². The summed E-state index contributed by atoms with van der Waals surface area (Å²) in [6.07, 6.45) is 5.19. The first-order valence-electron chi connectivity index (χ1n) is 7.83. The number of piperidine rings is 1. The van der Waals surface area contributed by atoms with Gasteiger partial charge in [-0.05, 0) is 37.4 Å². The first kappa shape index (κ1) is 14.3. The Bertz CT molecular complexity index is 635. The standard InChI is InChI=1S/C18H23NO2/c1-3-18(2)8-10-19(11-9-18)12-16(20)15-13-21-17-7-5-4-6-14(15)17/h4-7,13H,3,8-12H2,1-2H3. The Morgan fingerprint density at radius 3 is 2.71 bits per heavy atom. The van der Waals surface area contributed by atoms with Crippen LogP contribution in [0.25, 0.3) is 11.0 Å². The predicted molar refractivity (Wildman–Crippen MR) is 84.6 cm³/mol. The van der Waals surface area contributed by atoms with Crippen molar-refractivity contribution in [3.05, 3.63) is 36.1 Å². The highest BCUT2D eigenvalue weighted by molar-refractivity contribution is 6.08. The van der Waals surface area contributed by atoms with Crippen molar-refractivity contribution < 1.29 is 9.21 Å². The number of benzene rings is 1.